The Morgan fingerprint density at radius 3 is 2.65 bits per heavy atom. The smallest absolute Gasteiger partial charge is 0.0351 e. The lowest BCUT2D eigenvalue weighted by molar-refractivity contribution is 0.203. The van der Waals surface area contributed by atoms with Crippen LogP contribution in [0.5, 0.6) is 0 Å². The van der Waals surface area contributed by atoms with Crippen LogP contribution >= 0.6 is 0 Å². The van der Waals surface area contributed by atoms with Crippen LogP contribution in [0.3, 0.4) is 0 Å². The van der Waals surface area contributed by atoms with Crippen molar-refractivity contribution in [1.29, 1.82) is 0 Å². The quantitative estimate of drug-likeness (QED) is 0.826. The molecule has 1 nitrogen and oxygen atoms in total. The summed E-state index contributed by atoms with van der Waals surface area (Å²) in [5.74, 6) is 0.759. The molecule has 1 heteroatoms. The van der Waals surface area contributed by atoms with E-state index in [1.165, 1.54) is 30.4 Å². The van der Waals surface area contributed by atoms with Crippen molar-refractivity contribution >= 4 is 0 Å². The highest BCUT2D eigenvalue weighted by molar-refractivity contribution is 5.26. The van der Waals surface area contributed by atoms with E-state index in [1.54, 1.807) is 0 Å². The lowest BCUT2D eigenvalue weighted by Crippen LogP contribution is -2.32. The second kappa shape index (κ2) is 4.81. The average Bonchev–Trinajstić information content (AvgIpc) is 2.60. The fourth-order valence-corrected chi connectivity index (χ4v) is 3.44. The summed E-state index contributed by atoms with van der Waals surface area (Å²) < 4.78 is 0. The first kappa shape index (κ1) is 12.6. The Morgan fingerprint density at radius 2 is 2.12 bits per heavy atom. The fourth-order valence-electron chi connectivity index (χ4n) is 3.44. The van der Waals surface area contributed by atoms with Gasteiger partial charge in [-0.1, -0.05) is 50.1 Å². The first-order chi connectivity index (χ1) is 8.04. The van der Waals surface area contributed by atoms with Crippen molar-refractivity contribution in [3.05, 3.63) is 35.4 Å². The molecule has 0 amide bonds. The SMILES string of the molecule is CNC(c1cccc(C)c1)C1CCCC1(C)C. The summed E-state index contributed by atoms with van der Waals surface area (Å²) in [4.78, 5) is 0. The van der Waals surface area contributed by atoms with Gasteiger partial charge in [-0.15, -0.1) is 0 Å². The Kier molecular flexibility index (Phi) is 3.58. The molecule has 0 heterocycles. The third kappa shape index (κ3) is 2.55. The molecule has 1 aliphatic rings. The summed E-state index contributed by atoms with van der Waals surface area (Å²) >= 11 is 0. The second-order valence-corrected chi connectivity index (χ2v) is 6.17. The minimum atomic E-state index is 0.470. The molecule has 1 aliphatic carbocycles. The maximum Gasteiger partial charge on any atom is 0.0351 e. The van der Waals surface area contributed by atoms with Crippen LogP contribution in [0.1, 0.15) is 50.3 Å². The number of benzene rings is 1. The Labute approximate surface area is 106 Å². The van der Waals surface area contributed by atoms with E-state index >= 15 is 0 Å². The molecule has 0 aliphatic heterocycles. The predicted molar refractivity (Wildman–Crippen MR) is 74.1 cm³/mol. The fraction of sp³-hybridized carbons (Fsp3) is 0.625. The molecule has 0 spiro atoms. The van der Waals surface area contributed by atoms with E-state index < -0.39 is 0 Å². The molecule has 0 radical (unpaired) electrons. The zero-order valence-corrected chi connectivity index (χ0v) is 11.6. The molecule has 0 saturated heterocycles. The van der Waals surface area contributed by atoms with E-state index in [1.807, 2.05) is 0 Å². The normalized spacial score (nSPS) is 24.8. The first-order valence-electron chi connectivity index (χ1n) is 6.78. The molecule has 17 heavy (non-hydrogen) atoms. The van der Waals surface area contributed by atoms with Gasteiger partial charge in [0.2, 0.25) is 0 Å². The van der Waals surface area contributed by atoms with Crippen molar-refractivity contribution in [3.8, 4) is 0 Å². The third-order valence-corrected chi connectivity index (χ3v) is 4.45. The molecule has 0 aromatic heterocycles. The van der Waals surface area contributed by atoms with Gasteiger partial charge in [0.25, 0.3) is 0 Å². The summed E-state index contributed by atoms with van der Waals surface area (Å²) in [5, 5.41) is 3.54. The Hall–Kier alpha value is -0.820. The summed E-state index contributed by atoms with van der Waals surface area (Å²) in [6.45, 7) is 7.02. The monoisotopic (exact) mass is 231 g/mol. The summed E-state index contributed by atoms with van der Waals surface area (Å²) in [5.41, 5.74) is 3.28. The lowest BCUT2D eigenvalue weighted by Gasteiger charge is -2.34. The van der Waals surface area contributed by atoms with E-state index in [0.29, 0.717) is 11.5 Å². The van der Waals surface area contributed by atoms with Gasteiger partial charge < -0.3 is 5.32 Å². The highest BCUT2D eigenvalue weighted by atomic mass is 14.9. The van der Waals surface area contributed by atoms with Gasteiger partial charge in [-0.25, -0.2) is 0 Å². The molecule has 1 saturated carbocycles. The van der Waals surface area contributed by atoms with Crippen molar-refractivity contribution in [2.45, 2.75) is 46.1 Å². The van der Waals surface area contributed by atoms with Crippen molar-refractivity contribution < 1.29 is 0 Å². The van der Waals surface area contributed by atoms with Gasteiger partial charge in [-0.05, 0) is 43.7 Å². The summed E-state index contributed by atoms with van der Waals surface area (Å²) in [6, 6.07) is 9.46. The van der Waals surface area contributed by atoms with E-state index in [-0.39, 0.29) is 0 Å². The van der Waals surface area contributed by atoms with Gasteiger partial charge in [0.1, 0.15) is 0 Å². The van der Waals surface area contributed by atoms with E-state index in [9.17, 15) is 0 Å². The van der Waals surface area contributed by atoms with Crippen molar-refractivity contribution in [2.24, 2.45) is 11.3 Å². The first-order valence-corrected chi connectivity index (χ1v) is 6.78. The number of aryl methyl sites for hydroxylation is 1. The van der Waals surface area contributed by atoms with Crippen LogP contribution < -0.4 is 5.32 Å². The number of hydrogen-bond acceptors (Lipinski definition) is 1. The molecule has 2 atom stereocenters. The molecule has 94 valence electrons. The third-order valence-electron chi connectivity index (χ3n) is 4.45. The zero-order valence-electron chi connectivity index (χ0n) is 11.6. The summed E-state index contributed by atoms with van der Waals surface area (Å²) in [7, 11) is 2.10. The molecular weight excluding hydrogens is 206 g/mol. The lowest BCUT2D eigenvalue weighted by atomic mass is 9.75. The van der Waals surface area contributed by atoms with Crippen LogP contribution in [0, 0.1) is 18.3 Å². The van der Waals surface area contributed by atoms with Gasteiger partial charge in [-0.2, -0.15) is 0 Å². The largest absolute Gasteiger partial charge is 0.313 e. The van der Waals surface area contributed by atoms with E-state index in [4.69, 9.17) is 0 Å². The highest BCUT2D eigenvalue weighted by Crippen LogP contribution is 2.48. The minimum absolute atomic E-state index is 0.470. The Bertz CT molecular complexity index is 381. The molecule has 0 bridgehead atoms. The van der Waals surface area contributed by atoms with E-state index in [0.717, 1.165) is 5.92 Å². The van der Waals surface area contributed by atoms with Crippen LogP contribution in [0.4, 0.5) is 0 Å². The second-order valence-electron chi connectivity index (χ2n) is 6.17. The average molecular weight is 231 g/mol. The Balaban J connectivity index is 2.27. The summed E-state index contributed by atoms with van der Waals surface area (Å²) in [6.07, 6.45) is 4.09. The molecule has 1 fully saturated rings. The van der Waals surface area contributed by atoms with Crippen LogP contribution in [0.25, 0.3) is 0 Å². The standard InChI is InChI=1S/C16H25N/c1-12-7-5-8-13(11-12)15(17-4)14-9-6-10-16(14,2)3/h5,7-8,11,14-15,17H,6,9-10H2,1-4H3. The molecule has 1 aromatic rings. The molecular formula is C16H25N. The number of nitrogens with one attached hydrogen (secondary N) is 1. The maximum atomic E-state index is 3.54. The Morgan fingerprint density at radius 1 is 1.35 bits per heavy atom. The maximum absolute atomic E-state index is 3.54. The molecule has 2 unspecified atom stereocenters. The van der Waals surface area contributed by atoms with Gasteiger partial charge in [0.05, 0.1) is 0 Å². The van der Waals surface area contributed by atoms with Crippen LogP contribution in [-0.2, 0) is 0 Å². The van der Waals surface area contributed by atoms with Crippen molar-refractivity contribution in [2.75, 3.05) is 7.05 Å². The van der Waals surface area contributed by atoms with Gasteiger partial charge in [0.15, 0.2) is 0 Å². The van der Waals surface area contributed by atoms with Gasteiger partial charge >= 0.3 is 0 Å². The highest BCUT2D eigenvalue weighted by Gasteiger charge is 2.39. The molecule has 2 rings (SSSR count). The van der Waals surface area contributed by atoms with E-state index in [2.05, 4.69) is 57.4 Å². The minimum Gasteiger partial charge on any atom is -0.313 e. The molecule has 1 N–H and O–H groups in total. The van der Waals surface area contributed by atoms with Gasteiger partial charge in [-0.3, -0.25) is 0 Å². The predicted octanol–water partition coefficient (Wildman–Crippen LogP) is 4.08. The topological polar surface area (TPSA) is 12.0 Å². The van der Waals surface area contributed by atoms with Crippen molar-refractivity contribution in [1.82, 2.24) is 5.32 Å². The van der Waals surface area contributed by atoms with Crippen LogP contribution in [0.15, 0.2) is 24.3 Å². The van der Waals surface area contributed by atoms with Gasteiger partial charge in [0, 0.05) is 6.04 Å². The van der Waals surface area contributed by atoms with Crippen molar-refractivity contribution in [3.63, 3.8) is 0 Å². The number of rotatable bonds is 3. The number of hydrogen-bond donors (Lipinski definition) is 1. The van der Waals surface area contributed by atoms with Crippen LogP contribution in [-0.4, -0.2) is 7.05 Å². The van der Waals surface area contributed by atoms with Crippen LogP contribution in [0.2, 0.25) is 0 Å². The zero-order chi connectivity index (χ0) is 12.5. The molecule has 1 aromatic carbocycles.